The summed E-state index contributed by atoms with van der Waals surface area (Å²) in [7, 11) is 0. The van der Waals surface area contributed by atoms with Gasteiger partial charge in [0, 0.05) is 17.3 Å². The molecular formula is C12H7Cl3N4. The zero-order valence-electron chi connectivity index (χ0n) is 9.73. The molecule has 0 N–H and O–H groups in total. The minimum atomic E-state index is 0.263. The van der Waals surface area contributed by atoms with E-state index in [1.807, 2.05) is 6.92 Å². The van der Waals surface area contributed by atoms with Crippen LogP contribution in [-0.2, 0) is 0 Å². The lowest BCUT2D eigenvalue weighted by atomic mass is 10.2. The Bertz CT molecular complexity index is 743. The second-order valence-corrected chi connectivity index (χ2v) is 5.16. The van der Waals surface area contributed by atoms with Gasteiger partial charge < -0.3 is 0 Å². The summed E-state index contributed by atoms with van der Waals surface area (Å²) in [4.78, 5) is 8.46. The second kappa shape index (κ2) is 4.63. The van der Waals surface area contributed by atoms with Gasteiger partial charge in [-0.05, 0) is 36.7 Å². The summed E-state index contributed by atoms with van der Waals surface area (Å²) in [6, 6.07) is 5.23. The molecule has 0 aliphatic carbocycles. The van der Waals surface area contributed by atoms with E-state index in [1.165, 1.54) is 4.52 Å². The van der Waals surface area contributed by atoms with Gasteiger partial charge in [-0.3, -0.25) is 0 Å². The lowest BCUT2D eigenvalue weighted by Gasteiger charge is -1.97. The number of hydrogen-bond acceptors (Lipinski definition) is 3. The molecule has 0 amide bonds. The first-order valence-corrected chi connectivity index (χ1v) is 6.53. The number of benzene rings is 1. The van der Waals surface area contributed by atoms with Gasteiger partial charge in [-0.2, -0.15) is 4.52 Å². The fraction of sp³-hybridized carbons (Fsp3) is 0.0833. The number of halogens is 3. The Balaban J connectivity index is 2.23. The smallest absolute Gasteiger partial charge is 0.225 e. The molecule has 2 aromatic heterocycles. The fourth-order valence-corrected chi connectivity index (χ4v) is 2.18. The van der Waals surface area contributed by atoms with Crippen molar-refractivity contribution in [3.63, 3.8) is 0 Å². The fourth-order valence-electron chi connectivity index (χ4n) is 1.72. The number of hydrogen-bond donors (Lipinski definition) is 0. The molecule has 1 aromatic carbocycles. The first-order chi connectivity index (χ1) is 9.06. The van der Waals surface area contributed by atoms with Gasteiger partial charge in [0.1, 0.15) is 0 Å². The quantitative estimate of drug-likeness (QED) is 0.636. The molecule has 0 saturated carbocycles. The van der Waals surface area contributed by atoms with Crippen molar-refractivity contribution in [3.05, 3.63) is 45.3 Å². The Morgan fingerprint density at radius 3 is 2.58 bits per heavy atom. The molecule has 7 heteroatoms. The van der Waals surface area contributed by atoms with Gasteiger partial charge in [0.05, 0.1) is 10.0 Å². The van der Waals surface area contributed by atoms with Gasteiger partial charge in [0.15, 0.2) is 11.5 Å². The van der Waals surface area contributed by atoms with Crippen LogP contribution in [0.25, 0.3) is 17.0 Å². The maximum atomic E-state index is 5.99. The van der Waals surface area contributed by atoms with E-state index >= 15 is 0 Å². The SMILES string of the molecule is Cc1cnc(Cl)n2nc(-c3ccc(Cl)c(Cl)c3)nc12. The molecule has 4 nitrogen and oxygen atoms in total. The van der Waals surface area contributed by atoms with Crippen LogP contribution in [0.2, 0.25) is 15.3 Å². The lowest BCUT2D eigenvalue weighted by molar-refractivity contribution is 0.919. The topological polar surface area (TPSA) is 43.1 Å². The summed E-state index contributed by atoms with van der Waals surface area (Å²) in [6.07, 6.45) is 1.66. The van der Waals surface area contributed by atoms with Crippen LogP contribution in [0.3, 0.4) is 0 Å². The van der Waals surface area contributed by atoms with E-state index in [9.17, 15) is 0 Å². The average molecular weight is 314 g/mol. The van der Waals surface area contributed by atoms with Crippen LogP contribution in [0.4, 0.5) is 0 Å². The number of rotatable bonds is 1. The highest BCUT2D eigenvalue weighted by molar-refractivity contribution is 6.42. The van der Waals surface area contributed by atoms with Crippen LogP contribution in [0.15, 0.2) is 24.4 Å². The molecule has 0 bridgehead atoms. The summed E-state index contributed by atoms with van der Waals surface area (Å²) in [5.74, 6) is 0.525. The maximum absolute atomic E-state index is 5.99. The van der Waals surface area contributed by atoms with Gasteiger partial charge >= 0.3 is 0 Å². The van der Waals surface area contributed by atoms with Crippen molar-refractivity contribution in [3.8, 4) is 11.4 Å². The van der Waals surface area contributed by atoms with Crippen molar-refractivity contribution in [2.75, 3.05) is 0 Å². The molecule has 3 aromatic rings. The van der Waals surface area contributed by atoms with Crippen LogP contribution in [0, 0.1) is 6.92 Å². The first-order valence-electron chi connectivity index (χ1n) is 5.39. The minimum absolute atomic E-state index is 0.263. The summed E-state index contributed by atoms with van der Waals surface area (Å²) >= 11 is 17.9. The molecule has 19 heavy (non-hydrogen) atoms. The summed E-state index contributed by atoms with van der Waals surface area (Å²) in [6.45, 7) is 1.89. The van der Waals surface area contributed by atoms with E-state index in [2.05, 4.69) is 15.1 Å². The normalized spacial score (nSPS) is 11.2. The predicted molar refractivity (Wildman–Crippen MR) is 76.0 cm³/mol. The maximum Gasteiger partial charge on any atom is 0.225 e. The molecule has 0 atom stereocenters. The van der Waals surface area contributed by atoms with Crippen LogP contribution in [0.1, 0.15) is 5.56 Å². The van der Waals surface area contributed by atoms with E-state index in [0.717, 1.165) is 11.1 Å². The van der Waals surface area contributed by atoms with Crippen LogP contribution in [-0.4, -0.2) is 19.6 Å². The molecule has 0 unspecified atom stereocenters. The molecule has 2 heterocycles. The number of aromatic nitrogens is 4. The third-order valence-electron chi connectivity index (χ3n) is 2.68. The van der Waals surface area contributed by atoms with E-state index in [-0.39, 0.29) is 5.28 Å². The first kappa shape index (κ1) is 12.7. The Kier molecular flexibility index (Phi) is 3.09. The molecule has 0 radical (unpaired) electrons. The molecule has 0 fully saturated rings. The highest BCUT2D eigenvalue weighted by Crippen LogP contribution is 2.27. The Morgan fingerprint density at radius 1 is 1.11 bits per heavy atom. The van der Waals surface area contributed by atoms with Crippen molar-refractivity contribution in [1.29, 1.82) is 0 Å². The highest BCUT2D eigenvalue weighted by atomic mass is 35.5. The van der Waals surface area contributed by atoms with Crippen molar-refractivity contribution < 1.29 is 0 Å². The Labute approximate surface area is 124 Å². The highest BCUT2D eigenvalue weighted by Gasteiger charge is 2.12. The van der Waals surface area contributed by atoms with Gasteiger partial charge in [-0.25, -0.2) is 9.97 Å². The third kappa shape index (κ3) is 2.16. The lowest BCUT2D eigenvalue weighted by Crippen LogP contribution is -1.94. The molecule has 96 valence electrons. The average Bonchev–Trinajstić information content (AvgIpc) is 2.83. The summed E-state index contributed by atoms with van der Waals surface area (Å²) < 4.78 is 1.49. The zero-order chi connectivity index (χ0) is 13.6. The van der Waals surface area contributed by atoms with E-state index in [0.29, 0.717) is 21.5 Å². The van der Waals surface area contributed by atoms with Crippen LogP contribution >= 0.6 is 34.8 Å². The number of fused-ring (bicyclic) bond motifs is 1. The molecule has 3 rings (SSSR count). The second-order valence-electron chi connectivity index (χ2n) is 4.01. The van der Waals surface area contributed by atoms with Crippen molar-refractivity contribution in [2.24, 2.45) is 0 Å². The summed E-state index contributed by atoms with van der Waals surface area (Å²) in [5, 5.41) is 5.54. The largest absolute Gasteiger partial charge is 0.226 e. The van der Waals surface area contributed by atoms with Crippen molar-refractivity contribution >= 4 is 40.4 Å². The minimum Gasteiger partial charge on any atom is -0.226 e. The van der Waals surface area contributed by atoms with Crippen molar-refractivity contribution in [2.45, 2.75) is 6.92 Å². The number of nitrogens with zero attached hydrogens (tertiary/aromatic N) is 4. The molecular weight excluding hydrogens is 307 g/mol. The molecule has 0 spiro atoms. The molecule has 0 aliphatic heterocycles. The van der Waals surface area contributed by atoms with Gasteiger partial charge in [0.25, 0.3) is 0 Å². The monoisotopic (exact) mass is 312 g/mol. The Morgan fingerprint density at radius 2 is 1.89 bits per heavy atom. The molecule has 0 saturated heterocycles. The van der Waals surface area contributed by atoms with Gasteiger partial charge in [-0.1, -0.05) is 23.2 Å². The standard InChI is InChI=1S/C12H7Cl3N4/c1-6-5-16-12(15)19-11(6)17-10(18-19)7-2-3-8(13)9(14)4-7/h2-5H,1H3. The molecule has 0 aliphatic rings. The van der Waals surface area contributed by atoms with E-state index in [1.54, 1.807) is 24.4 Å². The number of aryl methyl sites for hydroxylation is 1. The van der Waals surface area contributed by atoms with Crippen molar-refractivity contribution in [1.82, 2.24) is 19.6 Å². The van der Waals surface area contributed by atoms with Gasteiger partial charge in [-0.15, -0.1) is 5.10 Å². The van der Waals surface area contributed by atoms with E-state index < -0.39 is 0 Å². The van der Waals surface area contributed by atoms with E-state index in [4.69, 9.17) is 34.8 Å². The Hall–Kier alpha value is -1.36. The zero-order valence-corrected chi connectivity index (χ0v) is 12.0. The van der Waals surface area contributed by atoms with Crippen LogP contribution in [0.5, 0.6) is 0 Å². The summed E-state index contributed by atoms with van der Waals surface area (Å²) in [5.41, 5.74) is 2.33. The van der Waals surface area contributed by atoms with Crippen LogP contribution < -0.4 is 0 Å². The predicted octanol–water partition coefficient (Wildman–Crippen LogP) is 4.06. The third-order valence-corrected chi connectivity index (χ3v) is 3.67. The van der Waals surface area contributed by atoms with Gasteiger partial charge in [0.2, 0.25) is 5.28 Å².